The lowest BCUT2D eigenvalue weighted by molar-refractivity contribution is -0.118. The monoisotopic (exact) mass is 457 g/mol. The molecular formula is C27H43N3O3. The van der Waals surface area contributed by atoms with Crippen LogP contribution in [0.4, 0.5) is 0 Å². The number of nitrogens with one attached hydrogen (secondary N) is 3. The Hall–Kier alpha value is -2.18. The van der Waals surface area contributed by atoms with Gasteiger partial charge in [0, 0.05) is 10.9 Å². The Morgan fingerprint density at radius 3 is 2.12 bits per heavy atom. The highest BCUT2D eigenvalue weighted by Crippen LogP contribution is 2.16. The van der Waals surface area contributed by atoms with E-state index >= 15 is 0 Å². The van der Waals surface area contributed by atoms with Crippen LogP contribution in [0.1, 0.15) is 101 Å². The Balaban J connectivity index is 1.69. The first-order valence-electron chi connectivity index (χ1n) is 12.8. The fourth-order valence-electron chi connectivity index (χ4n) is 4.18. The van der Waals surface area contributed by atoms with E-state index in [1.165, 1.54) is 71.1 Å². The van der Waals surface area contributed by atoms with Gasteiger partial charge in [-0.15, -0.1) is 0 Å². The SMILES string of the molecule is CCCCCCCCCCCCCCN[C@](C=O)(NC(=O)c1cc2ccccc2[nH]1)[C@@H](C)O. The molecule has 1 heterocycles. The molecule has 0 spiro atoms. The van der Waals surface area contributed by atoms with Gasteiger partial charge in [-0.25, -0.2) is 0 Å². The molecule has 33 heavy (non-hydrogen) atoms. The molecule has 0 radical (unpaired) electrons. The van der Waals surface area contributed by atoms with Crippen LogP contribution in [-0.4, -0.2) is 40.6 Å². The fraction of sp³-hybridized carbons (Fsp3) is 0.630. The van der Waals surface area contributed by atoms with Gasteiger partial charge in [0.2, 0.25) is 0 Å². The van der Waals surface area contributed by atoms with Gasteiger partial charge in [-0.05, 0) is 32.0 Å². The first kappa shape index (κ1) is 27.1. The number of aliphatic hydroxyl groups is 1. The van der Waals surface area contributed by atoms with Gasteiger partial charge >= 0.3 is 0 Å². The normalized spacial score (nSPS) is 14.2. The highest BCUT2D eigenvalue weighted by Gasteiger charge is 2.37. The second kappa shape index (κ2) is 14.9. The standard InChI is InChI=1S/C27H43N3O3/c1-3-4-5-6-7-8-9-10-11-12-13-16-19-28-27(21-31,22(2)32)30-26(33)25-20-23-17-14-15-18-24(23)29-25/h14-15,17-18,20-22,28-29,32H,3-13,16,19H2,1-2H3,(H,30,33)/t22-,27-/m1/s1. The number of aromatic nitrogens is 1. The van der Waals surface area contributed by atoms with Crippen LogP contribution in [0.15, 0.2) is 30.3 Å². The van der Waals surface area contributed by atoms with Crippen molar-refractivity contribution in [1.29, 1.82) is 0 Å². The molecule has 2 rings (SSSR count). The average molecular weight is 458 g/mol. The summed E-state index contributed by atoms with van der Waals surface area (Å²) in [5.41, 5.74) is -0.303. The lowest BCUT2D eigenvalue weighted by Crippen LogP contribution is -2.66. The highest BCUT2D eigenvalue weighted by molar-refractivity contribution is 5.99. The van der Waals surface area contributed by atoms with E-state index in [9.17, 15) is 14.7 Å². The summed E-state index contributed by atoms with van der Waals surface area (Å²) in [6.07, 6.45) is 14.6. The summed E-state index contributed by atoms with van der Waals surface area (Å²) in [5.74, 6) is -0.429. The molecule has 0 bridgehead atoms. The molecular weight excluding hydrogens is 414 g/mol. The Bertz CT molecular complexity index is 800. The van der Waals surface area contributed by atoms with E-state index in [0.717, 1.165) is 23.7 Å². The van der Waals surface area contributed by atoms with Crippen LogP contribution in [-0.2, 0) is 4.79 Å². The molecule has 0 aliphatic heterocycles. The minimum Gasteiger partial charge on any atom is -0.389 e. The van der Waals surface area contributed by atoms with Crippen molar-refractivity contribution in [2.45, 2.75) is 103 Å². The van der Waals surface area contributed by atoms with Crippen molar-refractivity contribution in [2.24, 2.45) is 0 Å². The van der Waals surface area contributed by atoms with E-state index in [1.54, 1.807) is 6.07 Å². The maximum Gasteiger partial charge on any atom is 0.269 e. The first-order valence-corrected chi connectivity index (χ1v) is 12.8. The third kappa shape index (κ3) is 8.94. The third-order valence-corrected chi connectivity index (χ3v) is 6.39. The number of H-pyrrole nitrogens is 1. The zero-order chi connectivity index (χ0) is 23.9. The summed E-state index contributed by atoms with van der Waals surface area (Å²) in [6.45, 7) is 4.31. The molecule has 6 nitrogen and oxygen atoms in total. The summed E-state index contributed by atoms with van der Waals surface area (Å²) in [5, 5.41) is 17.0. The number of fused-ring (bicyclic) bond motifs is 1. The predicted molar refractivity (Wildman–Crippen MR) is 135 cm³/mol. The molecule has 4 N–H and O–H groups in total. The fourth-order valence-corrected chi connectivity index (χ4v) is 4.18. The smallest absolute Gasteiger partial charge is 0.269 e. The van der Waals surface area contributed by atoms with E-state index in [2.05, 4.69) is 22.5 Å². The van der Waals surface area contributed by atoms with E-state index < -0.39 is 17.7 Å². The van der Waals surface area contributed by atoms with Gasteiger partial charge in [0.25, 0.3) is 5.91 Å². The number of aldehydes is 1. The van der Waals surface area contributed by atoms with E-state index in [1.807, 2.05) is 24.3 Å². The topological polar surface area (TPSA) is 94.2 Å². The van der Waals surface area contributed by atoms with Gasteiger partial charge in [0.05, 0.1) is 6.10 Å². The Labute approximate surface area is 198 Å². The molecule has 0 fully saturated rings. The number of hydrogen-bond donors (Lipinski definition) is 4. The number of hydrogen-bond acceptors (Lipinski definition) is 4. The Morgan fingerprint density at radius 1 is 1.00 bits per heavy atom. The second-order valence-electron chi connectivity index (χ2n) is 9.20. The van der Waals surface area contributed by atoms with E-state index in [0.29, 0.717) is 18.5 Å². The van der Waals surface area contributed by atoms with Gasteiger partial charge in [-0.1, -0.05) is 95.8 Å². The second-order valence-corrected chi connectivity index (χ2v) is 9.20. The molecule has 0 saturated carbocycles. The molecule has 0 unspecified atom stereocenters. The van der Waals surface area contributed by atoms with Gasteiger partial charge < -0.3 is 15.4 Å². The molecule has 1 aromatic heterocycles. The van der Waals surface area contributed by atoms with Crippen molar-refractivity contribution in [3.05, 3.63) is 36.0 Å². The van der Waals surface area contributed by atoms with Crippen LogP contribution < -0.4 is 10.6 Å². The largest absolute Gasteiger partial charge is 0.389 e. The van der Waals surface area contributed by atoms with Crippen LogP contribution in [0.3, 0.4) is 0 Å². The molecule has 2 aromatic rings. The Kier molecular flexibility index (Phi) is 12.2. The molecule has 0 aliphatic rings. The molecule has 1 amide bonds. The summed E-state index contributed by atoms with van der Waals surface area (Å²) >= 11 is 0. The van der Waals surface area contributed by atoms with Crippen LogP contribution >= 0.6 is 0 Å². The number of para-hydroxylation sites is 1. The van der Waals surface area contributed by atoms with Gasteiger partial charge in [-0.3, -0.25) is 14.9 Å². The van der Waals surface area contributed by atoms with Crippen molar-refractivity contribution in [1.82, 2.24) is 15.6 Å². The maximum atomic E-state index is 12.8. The van der Waals surface area contributed by atoms with Gasteiger partial charge in [0.1, 0.15) is 5.69 Å². The zero-order valence-electron chi connectivity index (χ0n) is 20.5. The molecule has 6 heteroatoms. The number of carbonyl (C=O) groups excluding carboxylic acids is 2. The minimum atomic E-state index is -1.51. The predicted octanol–water partition coefficient (Wildman–Crippen LogP) is 5.46. The number of rotatable bonds is 18. The maximum absolute atomic E-state index is 12.8. The first-order chi connectivity index (χ1) is 16.0. The van der Waals surface area contributed by atoms with Crippen molar-refractivity contribution >= 4 is 23.1 Å². The van der Waals surface area contributed by atoms with Crippen molar-refractivity contribution in [2.75, 3.05) is 6.54 Å². The summed E-state index contributed by atoms with van der Waals surface area (Å²) < 4.78 is 0. The summed E-state index contributed by atoms with van der Waals surface area (Å²) in [6, 6.07) is 9.34. The minimum absolute atomic E-state index is 0.357. The van der Waals surface area contributed by atoms with E-state index in [4.69, 9.17) is 0 Å². The zero-order valence-corrected chi connectivity index (χ0v) is 20.5. The number of amides is 1. The van der Waals surface area contributed by atoms with Crippen LogP contribution in [0, 0.1) is 0 Å². The van der Waals surface area contributed by atoms with Crippen LogP contribution in [0.2, 0.25) is 0 Å². The molecule has 2 atom stereocenters. The van der Waals surface area contributed by atoms with Crippen molar-refractivity contribution in [3.8, 4) is 0 Å². The number of unbranched alkanes of at least 4 members (excludes halogenated alkanes) is 11. The highest BCUT2D eigenvalue weighted by atomic mass is 16.3. The molecule has 1 aromatic carbocycles. The van der Waals surface area contributed by atoms with E-state index in [-0.39, 0.29) is 0 Å². The summed E-state index contributed by atoms with van der Waals surface area (Å²) in [7, 11) is 0. The quantitative estimate of drug-likeness (QED) is 0.136. The third-order valence-electron chi connectivity index (χ3n) is 6.39. The Morgan fingerprint density at radius 2 is 1.58 bits per heavy atom. The van der Waals surface area contributed by atoms with Gasteiger partial charge in [-0.2, -0.15) is 0 Å². The van der Waals surface area contributed by atoms with Crippen LogP contribution in [0.25, 0.3) is 10.9 Å². The molecule has 184 valence electrons. The molecule has 0 saturated heterocycles. The number of benzene rings is 1. The molecule has 0 aliphatic carbocycles. The average Bonchev–Trinajstić information content (AvgIpc) is 3.25. The lowest BCUT2D eigenvalue weighted by atomic mass is 10.0. The number of aromatic amines is 1. The number of carbonyl (C=O) groups is 2. The summed E-state index contributed by atoms with van der Waals surface area (Å²) in [4.78, 5) is 27.7. The van der Waals surface area contributed by atoms with Crippen molar-refractivity contribution in [3.63, 3.8) is 0 Å². The van der Waals surface area contributed by atoms with Gasteiger partial charge in [0.15, 0.2) is 11.9 Å². The van der Waals surface area contributed by atoms with Crippen LogP contribution in [0.5, 0.6) is 0 Å². The number of aliphatic hydroxyl groups excluding tert-OH is 1. The van der Waals surface area contributed by atoms with Crippen molar-refractivity contribution < 1.29 is 14.7 Å². The lowest BCUT2D eigenvalue weighted by Gasteiger charge is -2.33.